The van der Waals surface area contributed by atoms with Gasteiger partial charge in [-0.15, -0.1) is 0 Å². The van der Waals surface area contributed by atoms with Crippen LogP contribution in [0.3, 0.4) is 0 Å². The molecule has 3 heteroatoms. The third kappa shape index (κ3) is 3.40. The van der Waals surface area contributed by atoms with Crippen LogP contribution in [0.1, 0.15) is 26.0 Å². The van der Waals surface area contributed by atoms with Gasteiger partial charge in [0.1, 0.15) is 0 Å². The summed E-state index contributed by atoms with van der Waals surface area (Å²) in [5.74, 6) is 0.681. The molecule has 2 aromatic heterocycles. The van der Waals surface area contributed by atoms with Crippen LogP contribution in [-0.2, 0) is 6.42 Å². The van der Waals surface area contributed by atoms with E-state index in [1.807, 2.05) is 24.5 Å². The number of hydrogen-bond acceptors (Lipinski definition) is 3. The van der Waals surface area contributed by atoms with E-state index in [0.717, 1.165) is 23.9 Å². The minimum Gasteiger partial charge on any atom is -0.377 e. The standard InChI is InChI=1S/C21H25N3/c1-15(2)8-9-17-14-20(24(3)4)19-7-5-6-18(21(19)23-17)16-10-12-22-13-11-16/h5-7,10-15H,8-9H2,1-4H3. The second kappa shape index (κ2) is 7.00. The lowest BCUT2D eigenvalue weighted by atomic mass is 10.00. The number of pyridine rings is 2. The fourth-order valence-corrected chi connectivity index (χ4v) is 2.98. The molecular weight excluding hydrogens is 294 g/mol. The minimum absolute atomic E-state index is 0.681. The van der Waals surface area contributed by atoms with Gasteiger partial charge in [0.15, 0.2) is 0 Å². The average Bonchev–Trinajstić information content (AvgIpc) is 2.59. The quantitative estimate of drug-likeness (QED) is 0.666. The topological polar surface area (TPSA) is 29.0 Å². The van der Waals surface area contributed by atoms with Crippen LogP contribution in [0.15, 0.2) is 48.8 Å². The molecule has 0 aliphatic heterocycles. The number of benzene rings is 1. The van der Waals surface area contributed by atoms with Gasteiger partial charge in [-0.2, -0.15) is 0 Å². The van der Waals surface area contributed by atoms with Gasteiger partial charge in [-0.05, 0) is 42.5 Å². The molecule has 3 rings (SSSR count). The van der Waals surface area contributed by atoms with Crippen molar-refractivity contribution in [3.8, 4) is 11.1 Å². The van der Waals surface area contributed by atoms with Crippen molar-refractivity contribution in [3.05, 3.63) is 54.5 Å². The molecule has 0 unspecified atom stereocenters. The Kier molecular flexibility index (Phi) is 4.79. The summed E-state index contributed by atoms with van der Waals surface area (Å²) in [5.41, 5.74) is 5.81. The van der Waals surface area contributed by atoms with E-state index in [-0.39, 0.29) is 0 Å². The van der Waals surface area contributed by atoms with Gasteiger partial charge >= 0.3 is 0 Å². The summed E-state index contributed by atoms with van der Waals surface area (Å²) < 4.78 is 0. The lowest BCUT2D eigenvalue weighted by molar-refractivity contribution is 0.582. The van der Waals surface area contributed by atoms with E-state index in [4.69, 9.17) is 4.98 Å². The first kappa shape index (κ1) is 16.4. The summed E-state index contributed by atoms with van der Waals surface area (Å²) >= 11 is 0. The molecule has 24 heavy (non-hydrogen) atoms. The monoisotopic (exact) mass is 319 g/mol. The van der Waals surface area contributed by atoms with Gasteiger partial charge in [0.2, 0.25) is 0 Å². The minimum atomic E-state index is 0.681. The van der Waals surface area contributed by atoms with Crippen LogP contribution in [0.4, 0.5) is 5.69 Å². The molecule has 0 atom stereocenters. The first-order chi connectivity index (χ1) is 11.6. The summed E-state index contributed by atoms with van der Waals surface area (Å²) in [7, 11) is 4.19. The molecule has 1 aromatic carbocycles. The molecule has 0 amide bonds. The van der Waals surface area contributed by atoms with Gasteiger partial charge in [0.25, 0.3) is 0 Å². The molecular formula is C21H25N3. The van der Waals surface area contributed by atoms with E-state index < -0.39 is 0 Å². The van der Waals surface area contributed by atoms with Crippen molar-refractivity contribution in [2.45, 2.75) is 26.7 Å². The van der Waals surface area contributed by atoms with Crippen LogP contribution < -0.4 is 4.90 Å². The van der Waals surface area contributed by atoms with Crippen molar-refractivity contribution in [1.29, 1.82) is 0 Å². The van der Waals surface area contributed by atoms with Crippen LogP contribution >= 0.6 is 0 Å². The number of aryl methyl sites for hydroxylation is 1. The van der Waals surface area contributed by atoms with Crippen LogP contribution in [0.5, 0.6) is 0 Å². The highest BCUT2D eigenvalue weighted by Gasteiger charge is 2.12. The largest absolute Gasteiger partial charge is 0.377 e. The van der Waals surface area contributed by atoms with E-state index in [9.17, 15) is 0 Å². The maximum absolute atomic E-state index is 5.02. The molecule has 0 aliphatic rings. The Labute approximate surface area is 144 Å². The Morgan fingerprint density at radius 1 is 1.04 bits per heavy atom. The highest BCUT2D eigenvalue weighted by atomic mass is 15.1. The molecule has 124 valence electrons. The van der Waals surface area contributed by atoms with Crippen molar-refractivity contribution in [2.75, 3.05) is 19.0 Å². The van der Waals surface area contributed by atoms with Crippen molar-refractivity contribution in [2.24, 2.45) is 5.92 Å². The van der Waals surface area contributed by atoms with Gasteiger partial charge in [-0.3, -0.25) is 9.97 Å². The lowest BCUT2D eigenvalue weighted by Gasteiger charge is -2.18. The Bertz CT molecular complexity index is 823. The molecule has 0 saturated carbocycles. The third-order valence-corrected chi connectivity index (χ3v) is 4.32. The molecule has 3 aromatic rings. The van der Waals surface area contributed by atoms with Gasteiger partial charge in [0.05, 0.1) is 5.52 Å². The summed E-state index contributed by atoms with van der Waals surface area (Å²) in [5, 5.41) is 1.20. The van der Waals surface area contributed by atoms with Gasteiger partial charge in [-0.25, -0.2) is 0 Å². The summed E-state index contributed by atoms with van der Waals surface area (Å²) in [4.78, 5) is 11.3. The van der Waals surface area contributed by atoms with Crippen molar-refractivity contribution < 1.29 is 0 Å². The molecule has 0 radical (unpaired) electrons. The third-order valence-electron chi connectivity index (χ3n) is 4.32. The summed E-state index contributed by atoms with van der Waals surface area (Å²) in [6.07, 6.45) is 5.84. The number of aromatic nitrogens is 2. The van der Waals surface area contributed by atoms with Crippen LogP contribution in [-0.4, -0.2) is 24.1 Å². The lowest BCUT2D eigenvalue weighted by Crippen LogP contribution is -2.11. The zero-order valence-corrected chi connectivity index (χ0v) is 15.0. The molecule has 0 fully saturated rings. The van der Waals surface area contributed by atoms with Gasteiger partial charge in [-0.1, -0.05) is 32.0 Å². The van der Waals surface area contributed by atoms with Gasteiger partial charge < -0.3 is 4.90 Å². The number of fused-ring (bicyclic) bond motifs is 1. The normalized spacial score (nSPS) is 11.2. The van der Waals surface area contributed by atoms with E-state index in [0.29, 0.717) is 5.92 Å². The predicted octanol–water partition coefficient (Wildman–Crippen LogP) is 4.95. The Morgan fingerprint density at radius 2 is 1.79 bits per heavy atom. The molecule has 0 saturated heterocycles. The van der Waals surface area contributed by atoms with Crippen molar-refractivity contribution in [3.63, 3.8) is 0 Å². The summed E-state index contributed by atoms with van der Waals surface area (Å²) in [6, 6.07) is 12.8. The predicted molar refractivity (Wildman–Crippen MR) is 102 cm³/mol. The van der Waals surface area contributed by atoms with E-state index in [1.165, 1.54) is 22.3 Å². The molecule has 0 bridgehead atoms. The van der Waals surface area contributed by atoms with E-state index in [1.54, 1.807) is 0 Å². The highest BCUT2D eigenvalue weighted by Crippen LogP contribution is 2.33. The van der Waals surface area contributed by atoms with Crippen LogP contribution in [0.2, 0.25) is 0 Å². The number of rotatable bonds is 5. The Hall–Kier alpha value is -2.42. The maximum Gasteiger partial charge on any atom is 0.0804 e. The molecule has 0 N–H and O–H groups in total. The van der Waals surface area contributed by atoms with Crippen LogP contribution in [0.25, 0.3) is 22.0 Å². The fourth-order valence-electron chi connectivity index (χ4n) is 2.98. The SMILES string of the molecule is CC(C)CCc1cc(N(C)C)c2cccc(-c3ccncc3)c2n1. The fraction of sp³-hybridized carbons (Fsp3) is 0.333. The van der Waals surface area contributed by atoms with Crippen molar-refractivity contribution in [1.82, 2.24) is 9.97 Å². The molecule has 0 spiro atoms. The second-order valence-corrected chi connectivity index (χ2v) is 6.90. The second-order valence-electron chi connectivity index (χ2n) is 6.90. The highest BCUT2D eigenvalue weighted by molar-refractivity contribution is 6.00. The number of nitrogens with zero attached hydrogens (tertiary/aromatic N) is 3. The van der Waals surface area contributed by atoms with Crippen LogP contribution in [0, 0.1) is 5.92 Å². The maximum atomic E-state index is 5.02. The first-order valence-corrected chi connectivity index (χ1v) is 8.56. The zero-order chi connectivity index (χ0) is 17.1. The first-order valence-electron chi connectivity index (χ1n) is 8.56. The molecule has 3 nitrogen and oxygen atoms in total. The number of hydrogen-bond donors (Lipinski definition) is 0. The molecule has 0 aliphatic carbocycles. The number of anilines is 1. The van der Waals surface area contributed by atoms with E-state index >= 15 is 0 Å². The zero-order valence-electron chi connectivity index (χ0n) is 15.0. The summed E-state index contributed by atoms with van der Waals surface area (Å²) in [6.45, 7) is 4.52. The number of para-hydroxylation sites is 1. The van der Waals surface area contributed by atoms with E-state index in [2.05, 4.69) is 62.1 Å². The average molecular weight is 319 g/mol. The Morgan fingerprint density at radius 3 is 2.46 bits per heavy atom. The van der Waals surface area contributed by atoms with Gasteiger partial charge in [0, 0.05) is 48.8 Å². The smallest absolute Gasteiger partial charge is 0.0804 e. The molecule has 2 heterocycles. The van der Waals surface area contributed by atoms with Crippen molar-refractivity contribution >= 4 is 16.6 Å². The Balaban J connectivity index is 2.20.